The molecule has 0 saturated carbocycles. The highest BCUT2D eigenvalue weighted by Gasteiger charge is 2.30. The largest absolute Gasteiger partial charge is 0.416 e. The van der Waals surface area contributed by atoms with Gasteiger partial charge in [-0.2, -0.15) is 13.2 Å². The Kier molecular flexibility index (Phi) is 5.07. The number of aromatic nitrogens is 2. The SMILES string of the molecule is Cc1cccc(NC(=O)c2ccc(Nc3cccc(C(F)(F)F)c3)nn2)c1. The Balaban J connectivity index is 1.69. The van der Waals surface area contributed by atoms with E-state index in [1.165, 1.54) is 24.3 Å². The van der Waals surface area contributed by atoms with Gasteiger partial charge in [-0.15, -0.1) is 10.2 Å². The molecule has 138 valence electrons. The second-order valence-electron chi connectivity index (χ2n) is 5.83. The maximum atomic E-state index is 12.8. The van der Waals surface area contributed by atoms with E-state index in [1.54, 1.807) is 6.07 Å². The smallest absolute Gasteiger partial charge is 0.339 e. The second kappa shape index (κ2) is 7.45. The number of aryl methyl sites for hydroxylation is 1. The highest BCUT2D eigenvalue weighted by molar-refractivity contribution is 6.02. The van der Waals surface area contributed by atoms with Gasteiger partial charge >= 0.3 is 6.18 Å². The van der Waals surface area contributed by atoms with Crippen molar-refractivity contribution < 1.29 is 18.0 Å². The van der Waals surface area contributed by atoms with Crippen LogP contribution in [-0.4, -0.2) is 16.1 Å². The molecule has 0 unspecified atom stereocenters. The van der Waals surface area contributed by atoms with E-state index in [1.807, 2.05) is 25.1 Å². The lowest BCUT2D eigenvalue weighted by Gasteiger charge is -2.10. The predicted octanol–water partition coefficient (Wildman–Crippen LogP) is 4.80. The number of hydrogen-bond donors (Lipinski definition) is 2. The number of rotatable bonds is 4. The first-order chi connectivity index (χ1) is 12.8. The Bertz CT molecular complexity index is 956. The van der Waals surface area contributed by atoms with Crippen LogP contribution in [0.1, 0.15) is 21.6 Å². The molecule has 3 rings (SSSR count). The summed E-state index contributed by atoms with van der Waals surface area (Å²) in [5, 5.41) is 13.1. The van der Waals surface area contributed by atoms with Crippen LogP contribution >= 0.6 is 0 Å². The van der Waals surface area contributed by atoms with Crippen molar-refractivity contribution >= 4 is 23.1 Å². The van der Waals surface area contributed by atoms with Gasteiger partial charge in [0.15, 0.2) is 11.5 Å². The molecule has 0 radical (unpaired) electrons. The van der Waals surface area contributed by atoms with Crippen molar-refractivity contribution in [3.05, 3.63) is 77.5 Å². The normalized spacial score (nSPS) is 11.1. The molecule has 1 amide bonds. The predicted molar refractivity (Wildman–Crippen MR) is 95.9 cm³/mol. The van der Waals surface area contributed by atoms with E-state index in [0.29, 0.717) is 5.69 Å². The zero-order valence-corrected chi connectivity index (χ0v) is 14.2. The summed E-state index contributed by atoms with van der Waals surface area (Å²) in [5.74, 6) is -0.208. The minimum atomic E-state index is -4.43. The van der Waals surface area contributed by atoms with Crippen LogP contribution in [0.4, 0.5) is 30.4 Å². The van der Waals surface area contributed by atoms with E-state index in [4.69, 9.17) is 0 Å². The Hall–Kier alpha value is -3.42. The maximum absolute atomic E-state index is 12.8. The van der Waals surface area contributed by atoms with E-state index >= 15 is 0 Å². The minimum absolute atomic E-state index is 0.0890. The average molecular weight is 372 g/mol. The van der Waals surface area contributed by atoms with Gasteiger partial charge in [-0.1, -0.05) is 18.2 Å². The van der Waals surface area contributed by atoms with Gasteiger partial charge in [0.2, 0.25) is 0 Å². The summed E-state index contributed by atoms with van der Waals surface area (Å²) in [4.78, 5) is 12.2. The molecule has 0 aliphatic carbocycles. The lowest BCUT2D eigenvalue weighted by atomic mass is 10.2. The zero-order valence-electron chi connectivity index (χ0n) is 14.2. The van der Waals surface area contributed by atoms with E-state index in [9.17, 15) is 18.0 Å². The molecule has 0 atom stereocenters. The standard InChI is InChI=1S/C19H15F3N4O/c1-12-4-2-6-14(10-12)24-18(27)16-8-9-17(26-25-16)23-15-7-3-5-13(11-15)19(20,21)22/h2-11H,1H3,(H,23,26)(H,24,27). The van der Waals surface area contributed by atoms with Crippen LogP contribution in [-0.2, 0) is 6.18 Å². The fraction of sp³-hybridized carbons (Fsp3) is 0.105. The molecule has 0 aliphatic rings. The van der Waals surface area contributed by atoms with Crippen molar-refractivity contribution in [3.63, 3.8) is 0 Å². The summed E-state index contributed by atoms with van der Waals surface area (Å²) < 4.78 is 38.3. The van der Waals surface area contributed by atoms with Gasteiger partial charge in [0.25, 0.3) is 5.91 Å². The fourth-order valence-corrected chi connectivity index (χ4v) is 2.36. The number of alkyl halides is 3. The topological polar surface area (TPSA) is 66.9 Å². The number of halogens is 3. The molecular formula is C19H15F3N4O. The van der Waals surface area contributed by atoms with Crippen molar-refractivity contribution in [1.29, 1.82) is 0 Å². The molecule has 0 saturated heterocycles. The summed E-state index contributed by atoms with van der Waals surface area (Å²) in [7, 11) is 0. The molecule has 1 aromatic heterocycles. The third-order valence-corrected chi connectivity index (χ3v) is 3.64. The van der Waals surface area contributed by atoms with Gasteiger partial charge in [0.05, 0.1) is 5.56 Å². The number of anilines is 3. The first-order valence-electron chi connectivity index (χ1n) is 7.97. The molecule has 27 heavy (non-hydrogen) atoms. The molecule has 2 aromatic carbocycles. The molecule has 0 aliphatic heterocycles. The van der Waals surface area contributed by atoms with Crippen molar-refractivity contribution in [2.24, 2.45) is 0 Å². The van der Waals surface area contributed by atoms with E-state index < -0.39 is 17.6 Å². The van der Waals surface area contributed by atoms with Gasteiger partial charge < -0.3 is 10.6 Å². The third-order valence-electron chi connectivity index (χ3n) is 3.64. The molecule has 8 heteroatoms. The van der Waals surface area contributed by atoms with Gasteiger partial charge in [0, 0.05) is 11.4 Å². The maximum Gasteiger partial charge on any atom is 0.416 e. The minimum Gasteiger partial charge on any atom is -0.339 e. The number of amides is 1. The lowest BCUT2D eigenvalue weighted by molar-refractivity contribution is -0.137. The quantitative estimate of drug-likeness (QED) is 0.690. The van der Waals surface area contributed by atoms with Crippen molar-refractivity contribution in [3.8, 4) is 0 Å². The van der Waals surface area contributed by atoms with Crippen LogP contribution < -0.4 is 10.6 Å². The highest BCUT2D eigenvalue weighted by Crippen LogP contribution is 2.31. The molecule has 0 spiro atoms. The third kappa shape index (κ3) is 4.81. The summed E-state index contributed by atoms with van der Waals surface area (Å²) in [6, 6.07) is 14.9. The fourth-order valence-electron chi connectivity index (χ4n) is 2.36. The summed E-state index contributed by atoms with van der Waals surface area (Å²) >= 11 is 0. The Labute approximate surface area is 153 Å². The number of nitrogens with one attached hydrogen (secondary N) is 2. The monoisotopic (exact) mass is 372 g/mol. The van der Waals surface area contributed by atoms with Crippen molar-refractivity contribution in [2.75, 3.05) is 10.6 Å². The molecule has 2 N–H and O–H groups in total. The lowest BCUT2D eigenvalue weighted by Crippen LogP contribution is -2.14. The van der Waals surface area contributed by atoms with E-state index in [0.717, 1.165) is 17.7 Å². The van der Waals surface area contributed by atoms with Gasteiger partial charge in [-0.25, -0.2) is 0 Å². The van der Waals surface area contributed by atoms with Crippen LogP contribution in [0.3, 0.4) is 0 Å². The van der Waals surface area contributed by atoms with Crippen molar-refractivity contribution in [1.82, 2.24) is 10.2 Å². The molecular weight excluding hydrogens is 357 g/mol. The Morgan fingerprint density at radius 3 is 2.33 bits per heavy atom. The first kappa shape index (κ1) is 18.4. The number of carbonyl (C=O) groups is 1. The molecule has 5 nitrogen and oxygen atoms in total. The summed E-state index contributed by atoms with van der Waals surface area (Å²) in [6.45, 7) is 1.91. The Morgan fingerprint density at radius 2 is 1.67 bits per heavy atom. The number of hydrogen-bond acceptors (Lipinski definition) is 4. The van der Waals surface area contributed by atoms with Crippen LogP contribution in [0.2, 0.25) is 0 Å². The van der Waals surface area contributed by atoms with Crippen molar-refractivity contribution in [2.45, 2.75) is 13.1 Å². The van der Waals surface area contributed by atoms with Crippen LogP contribution in [0, 0.1) is 6.92 Å². The van der Waals surface area contributed by atoms with Gasteiger partial charge in [-0.05, 0) is 55.0 Å². The van der Waals surface area contributed by atoms with Crippen LogP contribution in [0.5, 0.6) is 0 Å². The number of nitrogens with zero attached hydrogens (tertiary/aromatic N) is 2. The summed E-state index contributed by atoms with van der Waals surface area (Å²) in [6.07, 6.45) is -4.43. The molecule has 0 bridgehead atoms. The number of carbonyl (C=O) groups excluding carboxylic acids is 1. The van der Waals surface area contributed by atoms with Gasteiger partial charge in [-0.3, -0.25) is 4.79 Å². The Morgan fingerprint density at radius 1 is 0.926 bits per heavy atom. The number of benzene rings is 2. The van der Waals surface area contributed by atoms with Crippen LogP contribution in [0.25, 0.3) is 0 Å². The summed E-state index contributed by atoms with van der Waals surface area (Å²) in [5.41, 5.74) is 1.17. The van der Waals surface area contributed by atoms with Crippen LogP contribution in [0.15, 0.2) is 60.7 Å². The van der Waals surface area contributed by atoms with Gasteiger partial charge in [0.1, 0.15) is 0 Å². The molecule has 0 fully saturated rings. The molecule has 3 aromatic rings. The highest BCUT2D eigenvalue weighted by atomic mass is 19.4. The second-order valence-corrected chi connectivity index (χ2v) is 5.83. The average Bonchev–Trinajstić information content (AvgIpc) is 2.62. The van der Waals surface area contributed by atoms with E-state index in [-0.39, 0.29) is 17.2 Å². The molecule has 1 heterocycles. The van der Waals surface area contributed by atoms with E-state index in [2.05, 4.69) is 20.8 Å². The zero-order chi connectivity index (χ0) is 19.4. The first-order valence-corrected chi connectivity index (χ1v) is 7.97.